The molecule has 0 spiro atoms. The highest BCUT2D eigenvalue weighted by atomic mass is 16.6. The van der Waals surface area contributed by atoms with Crippen LogP contribution in [0.3, 0.4) is 0 Å². The Morgan fingerprint density at radius 2 is 2.08 bits per heavy atom. The summed E-state index contributed by atoms with van der Waals surface area (Å²) in [4.78, 5) is 12.6. The fraction of sp³-hybridized carbons (Fsp3) is 0.533. The van der Waals surface area contributed by atoms with Crippen LogP contribution in [0.2, 0.25) is 0 Å². The molecule has 0 bridgehead atoms. The van der Waals surface area contributed by atoms with E-state index in [2.05, 4.69) is 20.3 Å². The molecule has 0 aliphatic carbocycles. The predicted molar refractivity (Wildman–Crippen MR) is 87.7 cm³/mol. The van der Waals surface area contributed by atoms with Crippen molar-refractivity contribution in [3.63, 3.8) is 0 Å². The third kappa shape index (κ3) is 3.34. The summed E-state index contributed by atoms with van der Waals surface area (Å²) < 4.78 is 7.01. The number of aliphatic hydroxyl groups excluding tert-OH is 4. The number of ether oxygens (including phenoxy) is 1. The summed E-state index contributed by atoms with van der Waals surface area (Å²) in [7, 11) is 0. The van der Waals surface area contributed by atoms with E-state index < -0.39 is 31.1 Å². The second kappa shape index (κ2) is 7.42. The van der Waals surface area contributed by atoms with E-state index in [1.54, 1.807) is 0 Å². The Balaban J connectivity index is 1.86. The number of hydrogen-bond donors (Lipinski definition) is 5. The number of aliphatic hydroxyl groups is 4. The fourth-order valence-corrected chi connectivity index (χ4v) is 2.66. The Morgan fingerprint density at radius 3 is 2.76 bits per heavy atom. The number of aromatic nitrogens is 4. The highest BCUT2D eigenvalue weighted by Crippen LogP contribution is 2.31. The van der Waals surface area contributed by atoms with Gasteiger partial charge in [0.25, 0.3) is 0 Å². The number of rotatable bonds is 6. The van der Waals surface area contributed by atoms with Gasteiger partial charge in [-0.25, -0.2) is 15.0 Å². The maximum atomic E-state index is 10.2. The van der Waals surface area contributed by atoms with E-state index in [-0.39, 0.29) is 6.61 Å². The number of hydrogen-bond acceptors (Lipinski definition) is 9. The van der Waals surface area contributed by atoms with Gasteiger partial charge < -0.3 is 30.5 Å². The largest absolute Gasteiger partial charge is 0.394 e. The first-order valence-corrected chi connectivity index (χ1v) is 7.87. The van der Waals surface area contributed by atoms with Crippen LogP contribution in [0.25, 0.3) is 11.2 Å². The molecular weight excluding hydrogens is 330 g/mol. The van der Waals surface area contributed by atoms with Gasteiger partial charge in [0.1, 0.15) is 24.6 Å². The molecule has 136 valence electrons. The van der Waals surface area contributed by atoms with Crippen LogP contribution in [0.5, 0.6) is 0 Å². The van der Waals surface area contributed by atoms with Gasteiger partial charge in [-0.05, 0) is 6.92 Å². The third-order valence-electron chi connectivity index (χ3n) is 4.12. The molecule has 4 atom stereocenters. The van der Waals surface area contributed by atoms with E-state index >= 15 is 0 Å². The molecule has 25 heavy (non-hydrogen) atoms. The van der Waals surface area contributed by atoms with Crippen LogP contribution in [0, 0.1) is 0 Å². The minimum atomic E-state index is -1.21. The first kappa shape index (κ1) is 17.7. The summed E-state index contributed by atoms with van der Waals surface area (Å²) >= 11 is 0. The minimum absolute atomic E-state index is 0.0131. The van der Waals surface area contributed by atoms with Gasteiger partial charge >= 0.3 is 0 Å². The molecule has 3 rings (SSSR count). The van der Waals surface area contributed by atoms with Crippen molar-refractivity contribution in [3.8, 4) is 0 Å². The third-order valence-corrected chi connectivity index (χ3v) is 4.12. The van der Waals surface area contributed by atoms with Crippen LogP contribution >= 0.6 is 0 Å². The van der Waals surface area contributed by atoms with E-state index in [1.165, 1.54) is 17.2 Å². The Labute approximate surface area is 143 Å². The van der Waals surface area contributed by atoms with Crippen LogP contribution in [-0.2, 0) is 4.74 Å². The molecule has 0 unspecified atom stereocenters. The summed E-state index contributed by atoms with van der Waals surface area (Å²) in [5.74, 6) is 0.498. The van der Waals surface area contributed by atoms with Gasteiger partial charge in [-0.3, -0.25) is 4.57 Å². The Hall–Kier alpha value is -2.11. The molecule has 2 aromatic heterocycles. The van der Waals surface area contributed by atoms with Crippen molar-refractivity contribution >= 4 is 17.0 Å². The predicted octanol–water partition coefficient (Wildman–Crippen LogP) is -1.21. The van der Waals surface area contributed by atoms with Crippen molar-refractivity contribution in [3.05, 3.63) is 24.3 Å². The van der Waals surface area contributed by atoms with Gasteiger partial charge in [-0.1, -0.05) is 11.6 Å². The van der Waals surface area contributed by atoms with Gasteiger partial charge in [0, 0.05) is 6.54 Å². The van der Waals surface area contributed by atoms with Crippen molar-refractivity contribution in [2.75, 3.05) is 25.1 Å². The van der Waals surface area contributed by atoms with E-state index in [1.807, 2.05) is 13.0 Å². The first-order chi connectivity index (χ1) is 12.1. The summed E-state index contributed by atoms with van der Waals surface area (Å²) in [6.07, 6.45) is 0.443. The lowest BCUT2D eigenvalue weighted by Gasteiger charge is -2.16. The average molecular weight is 351 g/mol. The minimum Gasteiger partial charge on any atom is -0.394 e. The van der Waals surface area contributed by atoms with E-state index in [0.29, 0.717) is 23.5 Å². The van der Waals surface area contributed by atoms with Crippen LogP contribution in [0.1, 0.15) is 13.2 Å². The van der Waals surface area contributed by atoms with Crippen molar-refractivity contribution in [2.45, 2.75) is 31.5 Å². The lowest BCUT2D eigenvalue weighted by Crippen LogP contribution is -2.33. The second-order valence-electron chi connectivity index (χ2n) is 5.86. The number of anilines is 1. The van der Waals surface area contributed by atoms with Crippen LogP contribution in [0.4, 0.5) is 5.82 Å². The van der Waals surface area contributed by atoms with E-state index in [4.69, 9.17) is 9.84 Å². The molecule has 0 radical (unpaired) electrons. The summed E-state index contributed by atoms with van der Waals surface area (Å²) in [5.41, 5.74) is 1.74. The molecule has 10 heteroatoms. The first-order valence-electron chi connectivity index (χ1n) is 7.87. The fourth-order valence-electron chi connectivity index (χ4n) is 2.66. The average Bonchev–Trinajstić information content (AvgIpc) is 3.17. The maximum Gasteiger partial charge on any atom is 0.167 e. The van der Waals surface area contributed by atoms with Crippen molar-refractivity contribution < 1.29 is 25.2 Å². The zero-order chi connectivity index (χ0) is 18.0. The zero-order valence-corrected chi connectivity index (χ0v) is 13.6. The van der Waals surface area contributed by atoms with Gasteiger partial charge in [0.2, 0.25) is 0 Å². The molecule has 1 saturated heterocycles. The maximum absolute atomic E-state index is 10.2. The molecule has 1 aliphatic heterocycles. The quantitative estimate of drug-likeness (QED) is 0.404. The second-order valence-corrected chi connectivity index (χ2v) is 5.86. The smallest absolute Gasteiger partial charge is 0.167 e. The van der Waals surface area contributed by atoms with Gasteiger partial charge in [-0.2, -0.15) is 0 Å². The standard InChI is InChI=1S/C15H21N5O5/c1-8(4-21)2-3-16-13-10-14(18-6-17-13)20(7-19-10)15-12(24)11(23)9(5-22)25-15/h2,6-7,9,11-12,15,21-24H,3-5H2,1H3,(H,16,17,18)/b8-2+/t9-,11-,12-,15+/m1/s1. The Morgan fingerprint density at radius 1 is 1.28 bits per heavy atom. The normalized spacial score (nSPS) is 27.2. The number of imidazole rings is 1. The SMILES string of the molecule is C/C(=C\CNc1ncnc2c1ncn2[C@H]1O[C@H](CO)[C@@H](O)[C@H]1O)CO. The highest BCUT2D eigenvalue weighted by Gasteiger charge is 2.44. The van der Waals surface area contributed by atoms with Crippen LogP contribution in [0.15, 0.2) is 24.3 Å². The van der Waals surface area contributed by atoms with Crippen molar-refractivity contribution in [1.82, 2.24) is 19.5 Å². The molecule has 0 aromatic carbocycles. The van der Waals surface area contributed by atoms with Crippen LogP contribution < -0.4 is 5.32 Å². The van der Waals surface area contributed by atoms with Crippen molar-refractivity contribution in [2.24, 2.45) is 0 Å². The molecular formula is C15H21N5O5. The summed E-state index contributed by atoms with van der Waals surface area (Å²) in [6.45, 7) is 1.85. The van der Waals surface area contributed by atoms with Gasteiger partial charge in [0.05, 0.1) is 19.5 Å². The van der Waals surface area contributed by atoms with Gasteiger partial charge in [0.15, 0.2) is 23.2 Å². The number of nitrogens with zero attached hydrogens (tertiary/aromatic N) is 4. The lowest BCUT2D eigenvalue weighted by molar-refractivity contribution is -0.0511. The lowest BCUT2D eigenvalue weighted by atomic mass is 10.1. The number of fused-ring (bicyclic) bond motifs is 1. The molecule has 2 aromatic rings. The Bertz CT molecular complexity index is 764. The van der Waals surface area contributed by atoms with E-state index in [0.717, 1.165) is 5.57 Å². The highest BCUT2D eigenvalue weighted by molar-refractivity contribution is 5.82. The molecule has 0 saturated carbocycles. The molecule has 1 aliphatic rings. The monoisotopic (exact) mass is 351 g/mol. The zero-order valence-electron chi connectivity index (χ0n) is 13.6. The molecule has 0 amide bonds. The van der Waals surface area contributed by atoms with Crippen LogP contribution in [-0.4, -0.2) is 78.0 Å². The van der Waals surface area contributed by atoms with Crippen molar-refractivity contribution in [1.29, 1.82) is 0 Å². The summed E-state index contributed by atoms with van der Waals surface area (Å²) in [5, 5.41) is 41.4. The summed E-state index contributed by atoms with van der Waals surface area (Å²) in [6, 6.07) is 0. The molecule has 10 nitrogen and oxygen atoms in total. The molecule has 5 N–H and O–H groups in total. The molecule has 1 fully saturated rings. The topological polar surface area (TPSA) is 146 Å². The molecule has 3 heterocycles. The van der Waals surface area contributed by atoms with Gasteiger partial charge in [-0.15, -0.1) is 0 Å². The number of nitrogens with one attached hydrogen (secondary N) is 1. The Kier molecular flexibility index (Phi) is 5.25. The van der Waals surface area contributed by atoms with E-state index in [9.17, 15) is 15.3 Å².